The van der Waals surface area contributed by atoms with Crippen LogP contribution in [0.1, 0.15) is 16.8 Å². The number of nitrogens with zero attached hydrogens (tertiary/aromatic N) is 1. The number of sulfonamides is 1. The molecular formula is C14H15ClN2O2S. The van der Waals surface area contributed by atoms with E-state index >= 15 is 0 Å². The SMILES string of the molecule is Cc1ccc(S(=O)(=O)Nc2ccc(Cl)nc2C)c(C)c1. The molecule has 1 N–H and O–H groups in total. The summed E-state index contributed by atoms with van der Waals surface area (Å²) in [6.07, 6.45) is 0. The molecule has 1 aromatic carbocycles. The van der Waals surface area contributed by atoms with E-state index in [0.29, 0.717) is 22.1 Å². The first-order valence-corrected chi connectivity index (χ1v) is 7.89. The summed E-state index contributed by atoms with van der Waals surface area (Å²) in [6.45, 7) is 5.39. The van der Waals surface area contributed by atoms with E-state index in [2.05, 4.69) is 9.71 Å². The Labute approximate surface area is 123 Å². The minimum atomic E-state index is -3.63. The van der Waals surface area contributed by atoms with Gasteiger partial charge in [-0.05, 0) is 44.5 Å². The van der Waals surface area contributed by atoms with Crippen molar-refractivity contribution in [2.24, 2.45) is 0 Å². The summed E-state index contributed by atoms with van der Waals surface area (Å²) in [5.74, 6) is 0. The van der Waals surface area contributed by atoms with Crippen LogP contribution in [-0.4, -0.2) is 13.4 Å². The van der Waals surface area contributed by atoms with Gasteiger partial charge < -0.3 is 0 Å². The highest BCUT2D eigenvalue weighted by Gasteiger charge is 2.18. The summed E-state index contributed by atoms with van der Waals surface area (Å²) in [6, 6.07) is 8.36. The third-order valence-corrected chi connectivity index (χ3v) is 4.65. The molecule has 0 amide bonds. The Hall–Kier alpha value is -1.59. The highest BCUT2D eigenvalue weighted by atomic mass is 35.5. The number of aryl methyl sites for hydroxylation is 3. The van der Waals surface area contributed by atoms with Crippen molar-refractivity contribution in [2.75, 3.05) is 4.72 Å². The lowest BCUT2D eigenvalue weighted by Gasteiger charge is -2.12. The first kappa shape index (κ1) is 14.8. The second-order valence-electron chi connectivity index (χ2n) is 4.64. The molecule has 0 aliphatic carbocycles. The number of nitrogens with one attached hydrogen (secondary N) is 1. The van der Waals surface area contributed by atoms with Gasteiger partial charge >= 0.3 is 0 Å². The van der Waals surface area contributed by atoms with Crippen LogP contribution in [-0.2, 0) is 10.0 Å². The Kier molecular flexibility index (Phi) is 4.01. The van der Waals surface area contributed by atoms with Crippen LogP contribution >= 0.6 is 11.6 Å². The lowest BCUT2D eigenvalue weighted by Crippen LogP contribution is -2.15. The van der Waals surface area contributed by atoms with Gasteiger partial charge in [-0.3, -0.25) is 4.72 Å². The summed E-state index contributed by atoms with van der Waals surface area (Å²) in [5.41, 5.74) is 2.68. The second kappa shape index (κ2) is 5.42. The van der Waals surface area contributed by atoms with E-state index in [9.17, 15) is 8.42 Å². The first-order chi connectivity index (χ1) is 9.29. The highest BCUT2D eigenvalue weighted by Crippen LogP contribution is 2.22. The van der Waals surface area contributed by atoms with Gasteiger partial charge in [0, 0.05) is 0 Å². The summed E-state index contributed by atoms with van der Waals surface area (Å²) < 4.78 is 27.3. The molecule has 0 aliphatic rings. The number of aromatic nitrogens is 1. The summed E-state index contributed by atoms with van der Waals surface area (Å²) in [5, 5.41) is 0.331. The zero-order chi connectivity index (χ0) is 14.9. The van der Waals surface area contributed by atoms with Gasteiger partial charge in [-0.1, -0.05) is 29.3 Å². The topological polar surface area (TPSA) is 59.1 Å². The van der Waals surface area contributed by atoms with Gasteiger partial charge in [0.15, 0.2) is 0 Å². The molecule has 1 heterocycles. The molecule has 6 heteroatoms. The van der Waals surface area contributed by atoms with E-state index in [-0.39, 0.29) is 4.90 Å². The smallest absolute Gasteiger partial charge is 0.262 e. The molecule has 0 atom stereocenters. The van der Waals surface area contributed by atoms with Crippen molar-refractivity contribution in [3.63, 3.8) is 0 Å². The van der Waals surface area contributed by atoms with E-state index < -0.39 is 10.0 Å². The molecule has 0 spiro atoms. The number of benzene rings is 1. The zero-order valence-corrected chi connectivity index (χ0v) is 13.0. The maximum absolute atomic E-state index is 12.4. The predicted molar refractivity (Wildman–Crippen MR) is 80.7 cm³/mol. The third kappa shape index (κ3) is 3.11. The number of rotatable bonds is 3. The van der Waals surface area contributed by atoms with Crippen molar-refractivity contribution in [3.05, 3.63) is 52.3 Å². The van der Waals surface area contributed by atoms with Crippen molar-refractivity contribution in [2.45, 2.75) is 25.7 Å². The summed E-state index contributed by atoms with van der Waals surface area (Å²) in [7, 11) is -3.63. The number of hydrogen-bond donors (Lipinski definition) is 1. The van der Waals surface area contributed by atoms with Crippen LogP contribution in [0.5, 0.6) is 0 Å². The van der Waals surface area contributed by atoms with Crippen molar-refractivity contribution < 1.29 is 8.42 Å². The Morgan fingerprint density at radius 2 is 1.80 bits per heavy atom. The average Bonchev–Trinajstić information content (AvgIpc) is 2.32. The quantitative estimate of drug-likeness (QED) is 0.883. The molecule has 0 saturated heterocycles. The van der Waals surface area contributed by atoms with Gasteiger partial charge in [-0.2, -0.15) is 0 Å². The van der Waals surface area contributed by atoms with E-state index in [4.69, 9.17) is 11.6 Å². The molecule has 2 aromatic rings. The second-order valence-corrected chi connectivity index (χ2v) is 6.68. The molecule has 0 radical (unpaired) electrons. The molecule has 4 nitrogen and oxygen atoms in total. The molecular weight excluding hydrogens is 296 g/mol. The van der Waals surface area contributed by atoms with Crippen LogP contribution in [0.2, 0.25) is 5.15 Å². The van der Waals surface area contributed by atoms with Crippen LogP contribution in [0.25, 0.3) is 0 Å². The lowest BCUT2D eigenvalue weighted by atomic mass is 10.2. The summed E-state index contributed by atoms with van der Waals surface area (Å²) in [4.78, 5) is 4.29. The molecule has 0 fully saturated rings. The van der Waals surface area contributed by atoms with Crippen LogP contribution in [0.3, 0.4) is 0 Å². The maximum atomic E-state index is 12.4. The first-order valence-electron chi connectivity index (χ1n) is 6.03. The molecule has 0 bridgehead atoms. The van der Waals surface area contributed by atoms with Gasteiger partial charge in [0.1, 0.15) is 5.15 Å². The lowest BCUT2D eigenvalue weighted by molar-refractivity contribution is 0.600. The largest absolute Gasteiger partial charge is 0.278 e. The average molecular weight is 311 g/mol. The third-order valence-electron chi connectivity index (χ3n) is 2.92. The molecule has 0 unspecified atom stereocenters. The Bertz CT molecular complexity index is 758. The van der Waals surface area contributed by atoms with Gasteiger partial charge in [0.05, 0.1) is 16.3 Å². The molecule has 0 aliphatic heterocycles. The number of hydrogen-bond acceptors (Lipinski definition) is 3. The Morgan fingerprint density at radius 3 is 2.40 bits per heavy atom. The fourth-order valence-electron chi connectivity index (χ4n) is 1.94. The van der Waals surface area contributed by atoms with Gasteiger partial charge in [-0.25, -0.2) is 13.4 Å². The predicted octanol–water partition coefficient (Wildman–Crippen LogP) is 3.46. The van der Waals surface area contributed by atoms with Crippen molar-refractivity contribution in [1.82, 2.24) is 4.98 Å². The zero-order valence-electron chi connectivity index (χ0n) is 11.4. The van der Waals surface area contributed by atoms with Crippen LogP contribution in [0.15, 0.2) is 35.2 Å². The van der Waals surface area contributed by atoms with Gasteiger partial charge in [-0.15, -0.1) is 0 Å². The Morgan fingerprint density at radius 1 is 1.10 bits per heavy atom. The number of pyridine rings is 1. The monoisotopic (exact) mass is 310 g/mol. The van der Waals surface area contributed by atoms with Crippen LogP contribution in [0.4, 0.5) is 5.69 Å². The van der Waals surface area contributed by atoms with Gasteiger partial charge in [0.2, 0.25) is 0 Å². The Balaban J connectivity index is 2.41. The van der Waals surface area contributed by atoms with Crippen molar-refractivity contribution in [3.8, 4) is 0 Å². The molecule has 2 rings (SSSR count). The standard InChI is InChI=1S/C14H15ClN2O2S/c1-9-4-6-13(10(2)8-9)20(18,19)17-12-5-7-14(15)16-11(12)3/h4-8,17H,1-3H3. The minimum Gasteiger partial charge on any atom is -0.278 e. The molecule has 106 valence electrons. The summed E-state index contributed by atoms with van der Waals surface area (Å²) >= 11 is 5.76. The number of anilines is 1. The molecule has 0 saturated carbocycles. The van der Waals surface area contributed by atoms with Crippen molar-refractivity contribution in [1.29, 1.82) is 0 Å². The minimum absolute atomic E-state index is 0.262. The maximum Gasteiger partial charge on any atom is 0.262 e. The van der Waals surface area contributed by atoms with E-state index in [1.54, 1.807) is 38.1 Å². The molecule has 20 heavy (non-hydrogen) atoms. The van der Waals surface area contributed by atoms with Gasteiger partial charge in [0.25, 0.3) is 10.0 Å². The normalized spacial score (nSPS) is 11.4. The fourth-order valence-corrected chi connectivity index (χ4v) is 3.47. The van der Waals surface area contributed by atoms with E-state index in [1.165, 1.54) is 0 Å². The van der Waals surface area contributed by atoms with E-state index in [1.807, 2.05) is 13.0 Å². The highest BCUT2D eigenvalue weighted by molar-refractivity contribution is 7.92. The van der Waals surface area contributed by atoms with Crippen LogP contribution in [0, 0.1) is 20.8 Å². The fraction of sp³-hybridized carbons (Fsp3) is 0.214. The molecule has 1 aromatic heterocycles. The van der Waals surface area contributed by atoms with Crippen molar-refractivity contribution >= 4 is 27.3 Å². The van der Waals surface area contributed by atoms with E-state index in [0.717, 1.165) is 5.56 Å². The van der Waals surface area contributed by atoms with Crippen LogP contribution < -0.4 is 4.72 Å². The number of halogens is 1.